The minimum atomic E-state index is -1.68. The van der Waals surface area contributed by atoms with Crippen molar-refractivity contribution in [2.75, 3.05) is 31.2 Å². The van der Waals surface area contributed by atoms with E-state index in [1.165, 1.54) is 0 Å². The number of amides is 5. The van der Waals surface area contributed by atoms with E-state index >= 15 is 0 Å². The highest BCUT2D eigenvalue weighted by atomic mass is 16.5. The highest BCUT2D eigenvalue weighted by Gasteiger charge is 2.47. The molecule has 5 amide bonds. The molecule has 2 N–H and O–H groups in total. The highest BCUT2D eigenvalue weighted by molar-refractivity contribution is 6.18. The standard InChI is InChI=1S/C24H31N5O5/c1-23(2,3)13-18(26-22(33)28-9-11-34-12-10-28)21(32)27-24(16-25)14-19(30)29(20(31)15-24)17-7-5-4-6-8-17/h4-8,18H,9-15H2,1-3H3,(H,26,33)(H,27,32). The van der Waals surface area contributed by atoms with Crippen molar-refractivity contribution in [3.8, 4) is 6.07 Å². The minimum Gasteiger partial charge on any atom is -0.378 e. The zero-order chi connectivity index (χ0) is 24.9. The molecule has 1 atom stereocenters. The molecule has 1 aromatic rings. The quantitative estimate of drug-likeness (QED) is 0.629. The number of piperidine rings is 1. The Morgan fingerprint density at radius 2 is 1.71 bits per heavy atom. The van der Waals surface area contributed by atoms with Gasteiger partial charge in [0.1, 0.15) is 11.6 Å². The fourth-order valence-corrected chi connectivity index (χ4v) is 4.09. The molecule has 10 heteroatoms. The van der Waals surface area contributed by atoms with E-state index in [4.69, 9.17) is 4.74 Å². The average molecular weight is 470 g/mol. The molecule has 2 aliphatic heterocycles. The topological polar surface area (TPSA) is 132 Å². The molecule has 0 bridgehead atoms. The number of benzene rings is 1. The Morgan fingerprint density at radius 3 is 2.24 bits per heavy atom. The third-order valence-electron chi connectivity index (χ3n) is 5.72. The van der Waals surface area contributed by atoms with E-state index in [0.29, 0.717) is 38.4 Å². The highest BCUT2D eigenvalue weighted by Crippen LogP contribution is 2.29. The summed E-state index contributed by atoms with van der Waals surface area (Å²) >= 11 is 0. The molecule has 0 saturated carbocycles. The van der Waals surface area contributed by atoms with Gasteiger partial charge < -0.3 is 20.3 Å². The Kier molecular flexibility index (Phi) is 7.57. The Balaban J connectivity index is 1.76. The monoisotopic (exact) mass is 469 g/mol. The Bertz CT molecular complexity index is 958. The van der Waals surface area contributed by atoms with Crippen LogP contribution in [-0.2, 0) is 19.1 Å². The number of ether oxygens (including phenoxy) is 1. The summed E-state index contributed by atoms with van der Waals surface area (Å²) in [5, 5.41) is 15.3. The second-order valence-corrected chi connectivity index (χ2v) is 9.86. The maximum atomic E-state index is 13.3. The lowest BCUT2D eigenvalue weighted by Crippen LogP contribution is -2.62. The van der Waals surface area contributed by atoms with Crippen LogP contribution in [0.3, 0.4) is 0 Å². The van der Waals surface area contributed by atoms with Gasteiger partial charge in [0.05, 0.1) is 37.8 Å². The van der Waals surface area contributed by atoms with Crippen LogP contribution in [-0.4, -0.2) is 66.5 Å². The molecule has 10 nitrogen and oxygen atoms in total. The van der Waals surface area contributed by atoms with E-state index in [0.717, 1.165) is 4.90 Å². The van der Waals surface area contributed by atoms with Crippen molar-refractivity contribution in [1.82, 2.24) is 15.5 Å². The summed E-state index contributed by atoms with van der Waals surface area (Å²) in [5.41, 5.74) is -1.59. The van der Waals surface area contributed by atoms with Crippen LogP contribution in [0.4, 0.5) is 10.5 Å². The lowest BCUT2D eigenvalue weighted by molar-refractivity contribution is -0.132. The van der Waals surface area contributed by atoms with E-state index in [-0.39, 0.29) is 18.3 Å². The molecule has 3 rings (SSSR count). The lowest BCUT2D eigenvalue weighted by Gasteiger charge is -2.37. The minimum absolute atomic E-state index is 0.300. The molecule has 0 aliphatic carbocycles. The number of para-hydroxylation sites is 1. The van der Waals surface area contributed by atoms with Gasteiger partial charge in [-0.15, -0.1) is 0 Å². The number of nitrogens with one attached hydrogen (secondary N) is 2. The van der Waals surface area contributed by atoms with Crippen molar-refractivity contribution in [2.24, 2.45) is 5.41 Å². The summed E-state index contributed by atoms with van der Waals surface area (Å²) < 4.78 is 5.27. The normalized spacial score (nSPS) is 19.2. The van der Waals surface area contributed by atoms with Crippen LogP contribution in [0.15, 0.2) is 30.3 Å². The van der Waals surface area contributed by atoms with Gasteiger partial charge in [-0.25, -0.2) is 4.79 Å². The van der Waals surface area contributed by atoms with Crippen LogP contribution >= 0.6 is 0 Å². The predicted molar refractivity (Wildman–Crippen MR) is 123 cm³/mol. The molecule has 2 aliphatic rings. The van der Waals surface area contributed by atoms with Gasteiger partial charge in [-0.05, 0) is 24.0 Å². The summed E-state index contributed by atoms with van der Waals surface area (Å²) in [4.78, 5) is 54.3. The van der Waals surface area contributed by atoms with E-state index in [9.17, 15) is 24.4 Å². The molecule has 0 aromatic heterocycles. The number of carbonyl (C=O) groups excluding carboxylic acids is 4. The first-order valence-electron chi connectivity index (χ1n) is 11.3. The SMILES string of the molecule is CC(C)(C)CC(NC(=O)N1CCOCC1)C(=O)NC1(C#N)CC(=O)N(c2ccccc2)C(=O)C1. The zero-order valence-corrected chi connectivity index (χ0v) is 19.8. The molecule has 2 heterocycles. The van der Waals surface area contributed by atoms with Crippen LogP contribution in [0.5, 0.6) is 0 Å². The van der Waals surface area contributed by atoms with Gasteiger partial charge in [0.15, 0.2) is 0 Å². The van der Waals surface area contributed by atoms with E-state index < -0.39 is 35.3 Å². The number of urea groups is 1. The van der Waals surface area contributed by atoms with Gasteiger partial charge in [0, 0.05) is 13.1 Å². The van der Waals surface area contributed by atoms with Crippen molar-refractivity contribution in [3.05, 3.63) is 30.3 Å². The average Bonchev–Trinajstić information content (AvgIpc) is 2.78. The molecule has 182 valence electrons. The van der Waals surface area contributed by atoms with Crippen LogP contribution < -0.4 is 15.5 Å². The molecule has 34 heavy (non-hydrogen) atoms. The largest absolute Gasteiger partial charge is 0.378 e. The van der Waals surface area contributed by atoms with Crippen molar-refractivity contribution in [2.45, 2.75) is 51.6 Å². The molecule has 2 saturated heterocycles. The smallest absolute Gasteiger partial charge is 0.318 e. The van der Waals surface area contributed by atoms with E-state index in [1.54, 1.807) is 35.2 Å². The number of imide groups is 1. The molecule has 0 radical (unpaired) electrons. The van der Waals surface area contributed by atoms with Crippen LogP contribution in [0.25, 0.3) is 0 Å². The maximum Gasteiger partial charge on any atom is 0.318 e. The number of morpholine rings is 1. The third-order valence-corrected chi connectivity index (χ3v) is 5.72. The fourth-order valence-electron chi connectivity index (χ4n) is 4.09. The molecule has 0 spiro atoms. The molecule has 2 fully saturated rings. The third kappa shape index (κ3) is 6.11. The van der Waals surface area contributed by atoms with Crippen molar-refractivity contribution in [3.63, 3.8) is 0 Å². The summed E-state index contributed by atoms with van der Waals surface area (Å²) in [7, 11) is 0. The maximum absolute atomic E-state index is 13.3. The Morgan fingerprint density at radius 1 is 1.12 bits per heavy atom. The fraction of sp³-hybridized carbons (Fsp3) is 0.542. The van der Waals surface area contributed by atoms with Crippen LogP contribution in [0.1, 0.15) is 40.0 Å². The number of rotatable bonds is 5. The molecular weight excluding hydrogens is 438 g/mol. The summed E-state index contributed by atoms with van der Waals surface area (Å²) in [6, 6.07) is 9.08. The van der Waals surface area contributed by atoms with Gasteiger partial charge in [0.2, 0.25) is 17.7 Å². The van der Waals surface area contributed by atoms with Gasteiger partial charge in [-0.3, -0.25) is 19.3 Å². The summed E-state index contributed by atoms with van der Waals surface area (Å²) in [6.45, 7) is 7.46. The lowest BCUT2D eigenvalue weighted by atomic mass is 9.85. The number of hydrogen-bond donors (Lipinski definition) is 2. The second-order valence-electron chi connectivity index (χ2n) is 9.86. The van der Waals surface area contributed by atoms with E-state index in [1.807, 2.05) is 26.8 Å². The van der Waals surface area contributed by atoms with Crippen LogP contribution in [0, 0.1) is 16.7 Å². The van der Waals surface area contributed by atoms with Crippen molar-refractivity contribution >= 4 is 29.4 Å². The van der Waals surface area contributed by atoms with Gasteiger partial charge in [-0.2, -0.15) is 5.26 Å². The van der Waals surface area contributed by atoms with Crippen molar-refractivity contribution in [1.29, 1.82) is 5.26 Å². The number of hydrogen-bond acceptors (Lipinski definition) is 6. The molecule has 1 unspecified atom stereocenters. The first-order valence-corrected chi connectivity index (χ1v) is 11.3. The van der Waals surface area contributed by atoms with Crippen molar-refractivity contribution < 1.29 is 23.9 Å². The Hall–Kier alpha value is -3.45. The van der Waals surface area contributed by atoms with Gasteiger partial charge >= 0.3 is 6.03 Å². The first-order chi connectivity index (χ1) is 16.0. The summed E-state index contributed by atoms with van der Waals surface area (Å²) in [6.07, 6.45) is -0.403. The number of carbonyl (C=O) groups is 4. The Labute approximate surface area is 199 Å². The number of anilines is 1. The number of nitrogens with zero attached hydrogens (tertiary/aromatic N) is 3. The first kappa shape index (κ1) is 25.2. The predicted octanol–water partition coefficient (Wildman–Crippen LogP) is 1.57. The second kappa shape index (κ2) is 10.2. The van der Waals surface area contributed by atoms with E-state index in [2.05, 4.69) is 10.6 Å². The molecular formula is C24H31N5O5. The summed E-state index contributed by atoms with van der Waals surface area (Å²) in [5.74, 6) is -1.75. The van der Waals surface area contributed by atoms with Crippen LogP contribution in [0.2, 0.25) is 0 Å². The molecule has 1 aromatic carbocycles. The zero-order valence-electron chi connectivity index (χ0n) is 19.8. The number of nitriles is 1. The van der Waals surface area contributed by atoms with Gasteiger partial charge in [-0.1, -0.05) is 39.0 Å². The van der Waals surface area contributed by atoms with Gasteiger partial charge in [0.25, 0.3) is 0 Å².